The minimum atomic E-state index is -0.115. The number of aliphatic hydroxyl groups is 1. The van der Waals surface area contributed by atoms with Gasteiger partial charge in [0.2, 0.25) is 5.91 Å². The van der Waals surface area contributed by atoms with Crippen LogP contribution in [0.15, 0.2) is 24.3 Å². The maximum atomic E-state index is 12.1. The number of benzene rings is 1. The van der Waals surface area contributed by atoms with Crippen LogP contribution in [-0.4, -0.2) is 30.1 Å². The topological polar surface area (TPSA) is 78.4 Å². The molecule has 2 aliphatic carbocycles. The molecule has 0 bridgehead atoms. The average Bonchev–Trinajstić information content (AvgIpc) is 3.19. The summed E-state index contributed by atoms with van der Waals surface area (Å²) in [5, 5.41) is 15.1. The third kappa shape index (κ3) is 4.15. The third-order valence-corrected chi connectivity index (χ3v) is 5.33. The van der Waals surface area contributed by atoms with Crippen LogP contribution in [0.1, 0.15) is 54.4 Å². The highest BCUT2D eigenvalue weighted by Gasteiger charge is 2.42. The molecule has 2 fully saturated rings. The Morgan fingerprint density at radius 2 is 1.75 bits per heavy atom. The van der Waals surface area contributed by atoms with Crippen LogP contribution in [0.3, 0.4) is 0 Å². The van der Waals surface area contributed by atoms with Crippen molar-refractivity contribution in [3.63, 3.8) is 0 Å². The Morgan fingerprint density at radius 3 is 2.33 bits per heavy atom. The first kappa shape index (κ1) is 17.0. The number of carbonyl (C=O) groups excluding carboxylic acids is 2. The molecule has 0 aliphatic heterocycles. The zero-order chi connectivity index (χ0) is 17.0. The fourth-order valence-electron chi connectivity index (χ4n) is 3.23. The molecular weight excluding hydrogens is 304 g/mol. The van der Waals surface area contributed by atoms with E-state index >= 15 is 0 Å². The molecule has 0 atom stereocenters. The number of aliphatic hydroxyl groups excluding tert-OH is 1. The molecule has 2 aliphatic rings. The van der Waals surface area contributed by atoms with Gasteiger partial charge in [-0.2, -0.15) is 0 Å². The summed E-state index contributed by atoms with van der Waals surface area (Å²) in [6, 6.07) is 7.32. The summed E-state index contributed by atoms with van der Waals surface area (Å²) in [6.07, 6.45) is 6.26. The smallest absolute Gasteiger partial charge is 0.251 e. The number of hydrogen-bond donors (Lipinski definition) is 3. The minimum Gasteiger partial charge on any atom is -0.396 e. The first-order valence-electron chi connectivity index (χ1n) is 8.88. The lowest BCUT2D eigenvalue weighted by molar-refractivity contribution is -0.124. The number of amides is 2. The standard InChI is InChI=1S/C19H26N2O3/c22-13-19(9-10-19)12-21-18(24)16-7-5-14(6-8-16)11-20-17(23)15-3-1-2-4-15/h5-8,15,22H,1-4,9-13H2,(H,20,23)(H,21,24). The summed E-state index contributed by atoms with van der Waals surface area (Å²) in [6.45, 7) is 1.17. The maximum absolute atomic E-state index is 12.1. The van der Waals surface area contributed by atoms with Crippen LogP contribution in [0.4, 0.5) is 0 Å². The Bertz CT molecular complexity index is 587. The highest BCUT2D eigenvalue weighted by molar-refractivity contribution is 5.94. The van der Waals surface area contributed by atoms with E-state index in [0.29, 0.717) is 18.7 Å². The summed E-state index contributed by atoms with van der Waals surface area (Å²) in [4.78, 5) is 24.1. The largest absolute Gasteiger partial charge is 0.396 e. The quantitative estimate of drug-likeness (QED) is 0.715. The molecule has 1 aromatic rings. The average molecular weight is 330 g/mol. The van der Waals surface area contributed by atoms with E-state index in [4.69, 9.17) is 0 Å². The van der Waals surface area contributed by atoms with E-state index < -0.39 is 0 Å². The molecule has 0 radical (unpaired) electrons. The SMILES string of the molecule is O=C(NCC1(CO)CC1)c1ccc(CNC(=O)C2CCCC2)cc1. The molecule has 2 saturated carbocycles. The molecule has 24 heavy (non-hydrogen) atoms. The van der Waals surface area contributed by atoms with Crippen LogP contribution in [0.5, 0.6) is 0 Å². The molecule has 0 unspecified atom stereocenters. The van der Waals surface area contributed by atoms with Crippen LogP contribution in [0.25, 0.3) is 0 Å². The van der Waals surface area contributed by atoms with Crippen molar-refractivity contribution in [1.82, 2.24) is 10.6 Å². The van der Waals surface area contributed by atoms with Crippen LogP contribution in [0.2, 0.25) is 0 Å². The number of carbonyl (C=O) groups is 2. The monoisotopic (exact) mass is 330 g/mol. The second-order valence-corrected chi connectivity index (χ2v) is 7.24. The van der Waals surface area contributed by atoms with Gasteiger partial charge in [0.05, 0.1) is 6.61 Å². The summed E-state index contributed by atoms with van der Waals surface area (Å²) in [5.74, 6) is 0.209. The zero-order valence-corrected chi connectivity index (χ0v) is 14.0. The van der Waals surface area contributed by atoms with E-state index in [2.05, 4.69) is 10.6 Å². The Labute approximate surface area is 142 Å². The van der Waals surface area contributed by atoms with Crippen molar-refractivity contribution in [2.45, 2.75) is 45.1 Å². The van der Waals surface area contributed by atoms with Gasteiger partial charge < -0.3 is 15.7 Å². The zero-order valence-electron chi connectivity index (χ0n) is 14.0. The lowest BCUT2D eigenvalue weighted by Crippen LogP contribution is -2.31. The van der Waals surface area contributed by atoms with E-state index in [9.17, 15) is 14.7 Å². The predicted molar refractivity (Wildman–Crippen MR) is 91.3 cm³/mol. The van der Waals surface area contributed by atoms with Gasteiger partial charge in [0.1, 0.15) is 0 Å². The fourth-order valence-corrected chi connectivity index (χ4v) is 3.23. The maximum Gasteiger partial charge on any atom is 0.251 e. The summed E-state index contributed by atoms with van der Waals surface area (Å²) in [5.41, 5.74) is 1.52. The van der Waals surface area contributed by atoms with Gasteiger partial charge in [-0.3, -0.25) is 9.59 Å². The molecule has 3 N–H and O–H groups in total. The van der Waals surface area contributed by atoms with Crippen LogP contribution in [0, 0.1) is 11.3 Å². The summed E-state index contributed by atoms with van der Waals surface area (Å²) >= 11 is 0. The van der Waals surface area contributed by atoms with E-state index in [1.807, 2.05) is 12.1 Å². The Balaban J connectivity index is 1.46. The molecule has 0 aromatic heterocycles. The Morgan fingerprint density at radius 1 is 1.08 bits per heavy atom. The van der Waals surface area contributed by atoms with E-state index in [1.54, 1.807) is 12.1 Å². The van der Waals surface area contributed by atoms with Gasteiger partial charge in [-0.25, -0.2) is 0 Å². The van der Waals surface area contributed by atoms with Gasteiger partial charge in [0, 0.05) is 30.0 Å². The highest BCUT2D eigenvalue weighted by Crippen LogP contribution is 2.44. The van der Waals surface area contributed by atoms with Gasteiger partial charge in [-0.05, 0) is 43.4 Å². The van der Waals surface area contributed by atoms with E-state index in [-0.39, 0.29) is 29.8 Å². The number of nitrogens with one attached hydrogen (secondary N) is 2. The molecule has 2 amide bonds. The molecule has 3 rings (SSSR count). The first-order valence-corrected chi connectivity index (χ1v) is 8.88. The Kier molecular flexibility index (Phi) is 5.19. The molecule has 1 aromatic carbocycles. The molecule has 130 valence electrons. The number of rotatable bonds is 7. The second-order valence-electron chi connectivity index (χ2n) is 7.24. The molecule has 0 spiro atoms. The van der Waals surface area contributed by atoms with Gasteiger partial charge >= 0.3 is 0 Å². The second kappa shape index (κ2) is 7.34. The summed E-state index contributed by atoms with van der Waals surface area (Å²) < 4.78 is 0. The van der Waals surface area contributed by atoms with Crippen molar-refractivity contribution >= 4 is 11.8 Å². The van der Waals surface area contributed by atoms with Crippen molar-refractivity contribution in [2.75, 3.05) is 13.2 Å². The van der Waals surface area contributed by atoms with E-state index in [1.165, 1.54) is 0 Å². The Hall–Kier alpha value is -1.88. The molecule has 5 heteroatoms. The van der Waals surface area contributed by atoms with Crippen LogP contribution >= 0.6 is 0 Å². The fraction of sp³-hybridized carbons (Fsp3) is 0.579. The van der Waals surface area contributed by atoms with Crippen LogP contribution < -0.4 is 10.6 Å². The van der Waals surface area contributed by atoms with Gasteiger partial charge in [-0.1, -0.05) is 25.0 Å². The van der Waals surface area contributed by atoms with Gasteiger partial charge in [-0.15, -0.1) is 0 Å². The van der Waals surface area contributed by atoms with E-state index in [0.717, 1.165) is 44.1 Å². The highest BCUT2D eigenvalue weighted by atomic mass is 16.3. The lowest BCUT2D eigenvalue weighted by atomic mass is 10.1. The molecule has 5 nitrogen and oxygen atoms in total. The van der Waals surface area contributed by atoms with Crippen molar-refractivity contribution in [3.05, 3.63) is 35.4 Å². The normalized spacial score (nSPS) is 19.0. The lowest BCUT2D eigenvalue weighted by Gasteiger charge is -2.13. The third-order valence-electron chi connectivity index (χ3n) is 5.33. The van der Waals surface area contributed by atoms with Crippen LogP contribution in [-0.2, 0) is 11.3 Å². The molecular formula is C19H26N2O3. The van der Waals surface area contributed by atoms with Gasteiger partial charge in [0.15, 0.2) is 0 Å². The minimum absolute atomic E-state index is 0.0832. The van der Waals surface area contributed by atoms with Crippen molar-refractivity contribution < 1.29 is 14.7 Å². The predicted octanol–water partition coefficient (Wildman–Crippen LogP) is 2.00. The van der Waals surface area contributed by atoms with Crippen molar-refractivity contribution in [3.8, 4) is 0 Å². The van der Waals surface area contributed by atoms with Crippen molar-refractivity contribution in [1.29, 1.82) is 0 Å². The summed E-state index contributed by atoms with van der Waals surface area (Å²) in [7, 11) is 0. The van der Waals surface area contributed by atoms with Crippen molar-refractivity contribution in [2.24, 2.45) is 11.3 Å². The molecule has 0 saturated heterocycles. The van der Waals surface area contributed by atoms with Gasteiger partial charge in [0.25, 0.3) is 5.91 Å². The number of hydrogen-bond acceptors (Lipinski definition) is 3. The molecule has 0 heterocycles. The first-order chi connectivity index (χ1) is 11.6.